The van der Waals surface area contributed by atoms with Crippen molar-refractivity contribution in [1.29, 1.82) is 0 Å². The molecule has 1 fully saturated rings. The van der Waals surface area contributed by atoms with E-state index in [2.05, 4.69) is 10.3 Å². The van der Waals surface area contributed by atoms with Crippen molar-refractivity contribution < 1.29 is 13.5 Å². The molecular weight excluding hydrogens is 276 g/mol. The predicted octanol–water partition coefficient (Wildman–Crippen LogP) is 2.32. The number of benzene rings is 1. The second kappa shape index (κ2) is 5.91. The Bertz CT molecular complexity index is 629. The van der Waals surface area contributed by atoms with E-state index in [1.807, 2.05) is 17.8 Å². The van der Waals surface area contributed by atoms with Crippen LogP contribution >= 0.6 is 0 Å². The van der Waals surface area contributed by atoms with Crippen LogP contribution in [0.1, 0.15) is 23.9 Å². The first-order chi connectivity index (χ1) is 10.1. The van der Waals surface area contributed by atoms with E-state index >= 15 is 0 Å². The molecule has 0 amide bonds. The molecule has 2 atom stereocenters. The van der Waals surface area contributed by atoms with Crippen LogP contribution in [0.15, 0.2) is 30.6 Å². The number of imidazole rings is 1. The second-order valence-corrected chi connectivity index (χ2v) is 5.20. The minimum atomic E-state index is -0.842. The largest absolute Gasteiger partial charge is 0.372 e. The van der Waals surface area contributed by atoms with Gasteiger partial charge in [-0.3, -0.25) is 0 Å². The average Bonchev–Trinajstić information content (AvgIpc) is 3.08. The van der Waals surface area contributed by atoms with E-state index in [4.69, 9.17) is 4.74 Å². The van der Waals surface area contributed by atoms with E-state index in [0.717, 1.165) is 18.3 Å². The topological polar surface area (TPSA) is 39.1 Å². The van der Waals surface area contributed by atoms with Crippen LogP contribution < -0.4 is 5.32 Å². The number of ether oxygens (including phenoxy) is 1. The lowest BCUT2D eigenvalue weighted by Gasteiger charge is -2.20. The first-order valence-corrected chi connectivity index (χ1v) is 6.91. The molecule has 0 radical (unpaired) electrons. The Balaban J connectivity index is 1.70. The van der Waals surface area contributed by atoms with Gasteiger partial charge < -0.3 is 14.6 Å². The highest BCUT2D eigenvalue weighted by atomic mass is 19.2. The quantitative estimate of drug-likeness (QED) is 0.940. The van der Waals surface area contributed by atoms with E-state index in [1.54, 1.807) is 12.3 Å². The van der Waals surface area contributed by atoms with Gasteiger partial charge in [0, 0.05) is 32.1 Å². The highest BCUT2D eigenvalue weighted by Crippen LogP contribution is 2.30. The lowest BCUT2D eigenvalue weighted by Crippen LogP contribution is -2.32. The monoisotopic (exact) mass is 293 g/mol. The van der Waals surface area contributed by atoms with Gasteiger partial charge in [0.05, 0.1) is 12.6 Å². The van der Waals surface area contributed by atoms with Crippen molar-refractivity contribution in [3.8, 4) is 0 Å². The third kappa shape index (κ3) is 2.96. The van der Waals surface area contributed by atoms with Gasteiger partial charge in [0.15, 0.2) is 11.6 Å². The van der Waals surface area contributed by atoms with Crippen molar-refractivity contribution in [3.05, 3.63) is 53.6 Å². The molecule has 1 aliphatic heterocycles. The van der Waals surface area contributed by atoms with Gasteiger partial charge in [-0.2, -0.15) is 0 Å². The number of aromatic nitrogens is 2. The number of nitrogens with zero attached hydrogens (tertiary/aromatic N) is 2. The van der Waals surface area contributed by atoms with E-state index in [1.165, 1.54) is 6.07 Å². The smallest absolute Gasteiger partial charge is 0.159 e. The van der Waals surface area contributed by atoms with Gasteiger partial charge in [0.2, 0.25) is 0 Å². The van der Waals surface area contributed by atoms with Crippen LogP contribution in [0.4, 0.5) is 8.78 Å². The van der Waals surface area contributed by atoms with Crippen molar-refractivity contribution in [3.63, 3.8) is 0 Å². The molecule has 2 heterocycles. The summed E-state index contributed by atoms with van der Waals surface area (Å²) in [5.41, 5.74) is 0.656. The second-order valence-electron chi connectivity index (χ2n) is 5.20. The molecule has 0 unspecified atom stereocenters. The molecular formula is C15H17F2N3O. The van der Waals surface area contributed by atoms with Crippen molar-refractivity contribution in [1.82, 2.24) is 14.9 Å². The molecule has 0 spiro atoms. The molecule has 112 valence electrons. The first-order valence-electron chi connectivity index (χ1n) is 6.91. The number of halogens is 2. The number of hydrogen-bond acceptors (Lipinski definition) is 3. The van der Waals surface area contributed by atoms with Gasteiger partial charge in [-0.15, -0.1) is 0 Å². The number of aryl methyl sites for hydroxylation is 1. The van der Waals surface area contributed by atoms with E-state index in [9.17, 15) is 8.78 Å². The third-order valence-corrected chi connectivity index (χ3v) is 3.81. The highest BCUT2D eigenvalue weighted by molar-refractivity contribution is 5.22. The fourth-order valence-electron chi connectivity index (χ4n) is 2.61. The van der Waals surface area contributed by atoms with Crippen LogP contribution in [0.25, 0.3) is 0 Å². The van der Waals surface area contributed by atoms with Crippen LogP contribution in [0.2, 0.25) is 0 Å². The summed E-state index contributed by atoms with van der Waals surface area (Å²) < 4.78 is 34.0. The van der Waals surface area contributed by atoms with E-state index < -0.39 is 11.6 Å². The zero-order valence-electron chi connectivity index (χ0n) is 11.7. The van der Waals surface area contributed by atoms with Gasteiger partial charge in [-0.1, -0.05) is 6.07 Å². The predicted molar refractivity (Wildman–Crippen MR) is 73.5 cm³/mol. The molecule has 0 bridgehead atoms. The average molecular weight is 293 g/mol. The Morgan fingerprint density at radius 3 is 2.95 bits per heavy atom. The first kappa shape index (κ1) is 14.2. The maximum absolute atomic E-state index is 13.4. The molecule has 21 heavy (non-hydrogen) atoms. The Kier molecular flexibility index (Phi) is 3.98. The summed E-state index contributed by atoms with van der Waals surface area (Å²) in [6.07, 6.45) is 4.19. The van der Waals surface area contributed by atoms with Crippen LogP contribution in [0.3, 0.4) is 0 Å². The Labute approximate surface area is 121 Å². The Morgan fingerprint density at radius 2 is 2.24 bits per heavy atom. The molecule has 1 aromatic carbocycles. The molecule has 3 rings (SSSR count). The summed E-state index contributed by atoms with van der Waals surface area (Å²) in [7, 11) is 1.93. The van der Waals surface area contributed by atoms with Crippen LogP contribution in [0.5, 0.6) is 0 Å². The molecule has 1 N–H and O–H groups in total. The Hall–Kier alpha value is -1.79. The maximum Gasteiger partial charge on any atom is 0.159 e. The molecule has 0 saturated carbocycles. The lowest BCUT2D eigenvalue weighted by atomic mass is 10.0. The van der Waals surface area contributed by atoms with Gasteiger partial charge in [0.1, 0.15) is 5.82 Å². The molecule has 4 nitrogen and oxygen atoms in total. The van der Waals surface area contributed by atoms with Crippen LogP contribution in [-0.4, -0.2) is 22.2 Å². The van der Waals surface area contributed by atoms with Crippen molar-refractivity contribution >= 4 is 0 Å². The lowest BCUT2D eigenvalue weighted by molar-refractivity contribution is 0.0979. The van der Waals surface area contributed by atoms with Crippen molar-refractivity contribution in [2.24, 2.45) is 7.05 Å². The zero-order valence-corrected chi connectivity index (χ0v) is 11.7. The number of hydrogen-bond donors (Lipinski definition) is 1. The summed E-state index contributed by atoms with van der Waals surface area (Å²) in [6, 6.07) is 3.99. The van der Waals surface area contributed by atoms with E-state index in [-0.39, 0.29) is 12.1 Å². The number of nitrogens with one attached hydrogen (secondary N) is 1. The minimum absolute atomic E-state index is 0.0616. The van der Waals surface area contributed by atoms with Gasteiger partial charge in [-0.25, -0.2) is 13.8 Å². The van der Waals surface area contributed by atoms with Crippen molar-refractivity contribution in [2.45, 2.75) is 25.1 Å². The van der Waals surface area contributed by atoms with Gasteiger partial charge in [-0.05, 0) is 24.1 Å². The van der Waals surface area contributed by atoms with Crippen LogP contribution in [-0.2, 0) is 18.3 Å². The fraction of sp³-hybridized carbons (Fsp3) is 0.400. The maximum atomic E-state index is 13.4. The van der Waals surface area contributed by atoms with Gasteiger partial charge in [0.25, 0.3) is 0 Å². The highest BCUT2D eigenvalue weighted by Gasteiger charge is 2.30. The standard InChI is InChI=1S/C15H17F2N3O/c1-20-6-5-18-14(20)9-19-13-4-7-21-15(13)10-2-3-11(16)12(17)8-10/h2-3,5-6,8,13,15,19H,4,7,9H2,1H3/t13-,15-/m1/s1. The summed E-state index contributed by atoms with van der Waals surface area (Å²) in [6.45, 7) is 1.21. The van der Waals surface area contributed by atoms with Gasteiger partial charge >= 0.3 is 0 Å². The normalized spacial score (nSPS) is 21.9. The number of rotatable bonds is 4. The zero-order chi connectivity index (χ0) is 14.8. The van der Waals surface area contributed by atoms with E-state index in [0.29, 0.717) is 18.7 Å². The SMILES string of the molecule is Cn1ccnc1CN[C@@H]1CCO[C@@H]1c1ccc(F)c(F)c1. The molecule has 6 heteroatoms. The Morgan fingerprint density at radius 1 is 1.38 bits per heavy atom. The molecule has 1 aliphatic rings. The summed E-state index contributed by atoms with van der Waals surface area (Å²) in [4.78, 5) is 4.25. The van der Waals surface area contributed by atoms with Crippen LogP contribution in [0, 0.1) is 11.6 Å². The molecule has 1 aromatic heterocycles. The molecule has 2 aromatic rings. The molecule has 0 aliphatic carbocycles. The molecule has 1 saturated heterocycles. The minimum Gasteiger partial charge on any atom is -0.372 e. The third-order valence-electron chi connectivity index (χ3n) is 3.81. The fourth-order valence-corrected chi connectivity index (χ4v) is 2.61. The summed E-state index contributed by atoms with van der Waals surface area (Å²) >= 11 is 0. The summed E-state index contributed by atoms with van der Waals surface area (Å²) in [5, 5.41) is 3.38. The van der Waals surface area contributed by atoms with Crippen molar-refractivity contribution in [2.75, 3.05) is 6.61 Å². The summed E-state index contributed by atoms with van der Waals surface area (Å²) in [5.74, 6) is -0.758.